The third-order valence-electron chi connectivity index (χ3n) is 5.23. The zero-order valence-electron chi connectivity index (χ0n) is 17.1. The Labute approximate surface area is 193 Å². The number of thiophene rings is 1. The lowest BCUT2D eigenvalue weighted by Crippen LogP contribution is -2.12. The van der Waals surface area contributed by atoms with Crippen LogP contribution in [-0.2, 0) is 0 Å². The lowest BCUT2D eigenvalue weighted by Gasteiger charge is -2.08. The third kappa shape index (κ3) is 3.64. The number of furan rings is 1. The number of halogens is 1. The van der Waals surface area contributed by atoms with Gasteiger partial charge in [-0.1, -0.05) is 41.9 Å². The molecule has 32 heavy (non-hydrogen) atoms. The second-order valence-corrected chi connectivity index (χ2v) is 8.77. The van der Waals surface area contributed by atoms with E-state index in [0.29, 0.717) is 31.6 Å². The standard InChI is InChI=1S/C25H18ClN3O2S/c1-14-5-2-3-6-18(14)28-24(30)23-22(27)21-17(20-7-4-12-31-20)13-19(29-25(21)32-23)15-8-10-16(26)11-9-15/h2-13H,27H2,1H3,(H,28,30). The summed E-state index contributed by atoms with van der Waals surface area (Å²) in [4.78, 5) is 19.0. The molecular formula is C25H18ClN3O2S. The summed E-state index contributed by atoms with van der Waals surface area (Å²) >= 11 is 7.31. The Balaban J connectivity index is 1.66. The van der Waals surface area contributed by atoms with Crippen LogP contribution in [0.5, 0.6) is 0 Å². The van der Waals surface area contributed by atoms with Crippen LogP contribution in [0.15, 0.2) is 77.4 Å². The minimum atomic E-state index is -0.266. The summed E-state index contributed by atoms with van der Waals surface area (Å²) in [5, 5.41) is 4.32. The second kappa shape index (κ2) is 8.15. The minimum absolute atomic E-state index is 0.266. The van der Waals surface area contributed by atoms with E-state index >= 15 is 0 Å². The van der Waals surface area contributed by atoms with Crippen LogP contribution in [0.3, 0.4) is 0 Å². The van der Waals surface area contributed by atoms with Gasteiger partial charge in [-0.2, -0.15) is 0 Å². The molecule has 158 valence electrons. The number of nitrogens with zero attached hydrogens (tertiary/aromatic N) is 1. The number of para-hydroxylation sites is 1. The Kier molecular flexibility index (Phi) is 5.17. The summed E-state index contributed by atoms with van der Waals surface area (Å²) in [6.07, 6.45) is 1.61. The van der Waals surface area contributed by atoms with E-state index in [1.807, 2.05) is 73.7 Å². The van der Waals surface area contributed by atoms with Gasteiger partial charge in [-0.05, 0) is 48.9 Å². The Hall–Kier alpha value is -3.61. The van der Waals surface area contributed by atoms with Crippen molar-refractivity contribution < 1.29 is 9.21 Å². The van der Waals surface area contributed by atoms with Gasteiger partial charge >= 0.3 is 0 Å². The van der Waals surface area contributed by atoms with Crippen LogP contribution in [0.4, 0.5) is 11.4 Å². The number of carbonyl (C=O) groups excluding carboxylic acids is 1. The molecule has 0 spiro atoms. The molecule has 3 aromatic heterocycles. The van der Waals surface area contributed by atoms with Crippen molar-refractivity contribution in [2.24, 2.45) is 0 Å². The smallest absolute Gasteiger partial charge is 0.267 e. The molecule has 0 aliphatic heterocycles. The molecule has 5 rings (SSSR count). The first-order chi connectivity index (χ1) is 15.5. The largest absolute Gasteiger partial charge is 0.464 e. The maximum absolute atomic E-state index is 13.1. The number of nitrogen functional groups attached to an aromatic ring is 1. The molecule has 2 aromatic carbocycles. The van der Waals surface area contributed by atoms with Gasteiger partial charge in [-0.25, -0.2) is 4.98 Å². The number of hydrogen-bond acceptors (Lipinski definition) is 5. The van der Waals surface area contributed by atoms with Crippen LogP contribution in [0.25, 0.3) is 32.8 Å². The molecule has 0 unspecified atom stereocenters. The van der Waals surface area contributed by atoms with Crippen LogP contribution in [-0.4, -0.2) is 10.9 Å². The third-order valence-corrected chi connectivity index (χ3v) is 6.58. The van der Waals surface area contributed by atoms with E-state index in [-0.39, 0.29) is 5.91 Å². The number of rotatable bonds is 4. The fourth-order valence-electron chi connectivity index (χ4n) is 3.58. The molecular weight excluding hydrogens is 442 g/mol. The van der Waals surface area contributed by atoms with Crippen LogP contribution in [0.1, 0.15) is 15.2 Å². The Bertz CT molecular complexity index is 1440. The average molecular weight is 460 g/mol. The Morgan fingerprint density at radius 3 is 2.59 bits per heavy atom. The Morgan fingerprint density at radius 2 is 1.88 bits per heavy atom. The highest BCUT2D eigenvalue weighted by Crippen LogP contribution is 2.41. The number of nitrogens with one attached hydrogen (secondary N) is 1. The van der Waals surface area contributed by atoms with Gasteiger partial charge in [0.05, 0.1) is 17.6 Å². The van der Waals surface area contributed by atoms with E-state index in [0.717, 1.165) is 28.1 Å². The molecule has 0 fully saturated rings. The topological polar surface area (TPSA) is 81.2 Å². The summed E-state index contributed by atoms with van der Waals surface area (Å²) < 4.78 is 5.67. The number of carbonyl (C=O) groups is 1. The number of hydrogen-bond donors (Lipinski definition) is 2. The maximum atomic E-state index is 13.1. The molecule has 1 amide bonds. The van der Waals surface area contributed by atoms with Gasteiger partial charge in [0.2, 0.25) is 0 Å². The first-order valence-corrected chi connectivity index (χ1v) is 11.1. The van der Waals surface area contributed by atoms with Gasteiger partial charge < -0.3 is 15.5 Å². The molecule has 0 aliphatic carbocycles. The van der Waals surface area contributed by atoms with Gasteiger partial charge in [0.1, 0.15) is 15.5 Å². The highest BCUT2D eigenvalue weighted by Gasteiger charge is 2.23. The monoisotopic (exact) mass is 459 g/mol. The SMILES string of the molecule is Cc1ccccc1NC(=O)c1sc2nc(-c3ccc(Cl)cc3)cc(-c3ccco3)c2c1N. The number of nitrogens with two attached hydrogens (primary N) is 1. The molecule has 0 saturated heterocycles. The number of pyridine rings is 1. The van der Waals surface area contributed by atoms with Crippen molar-refractivity contribution >= 4 is 50.4 Å². The number of aromatic nitrogens is 1. The maximum Gasteiger partial charge on any atom is 0.267 e. The molecule has 0 saturated carbocycles. The van der Waals surface area contributed by atoms with Crippen molar-refractivity contribution in [3.63, 3.8) is 0 Å². The van der Waals surface area contributed by atoms with E-state index in [2.05, 4.69) is 5.32 Å². The van der Waals surface area contributed by atoms with E-state index in [1.165, 1.54) is 11.3 Å². The normalized spacial score (nSPS) is 11.1. The number of benzene rings is 2. The molecule has 0 radical (unpaired) electrons. The molecule has 0 bridgehead atoms. The van der Waals surface area contributed by atoms with Gasteiger partial charge in [0, 0.05) is 27.2 Å². The van der Waals surface area contributed by atoms with Crippen molar-refractivity contribution in [2.45, 2.75) is 6.92 Å². The quantitative estimate of drug-likeness (QED) is 0.302. The molecule has 3 N–H and O–H groups in total. The highest BCUT2D eigenvalue weighted by atomic mass is 35.5. The van der Waals surface area contributed by atoms with Crippen LogP contribution in [0, 0.1) is 6.92 Å². The van der Waals surface area contributed by atoms with Crippen LogP contribution >= 0.6 is 22.9 Å². The lowest BCUT2D eigenvalue weighted by molar-refractivity contribution is 0.103. The van der Waals surface area contributed by atoms with E-state index in [1.54, 1.807) is 6.26 Å². The lowest BCUT2D eigenvalue weighted by atomic mass is 10.0. The first kappa shape index (κ1) is 20.3. The van der Waals surface area contributed by atoms with Crippen molar-refractivity contribution in [1.82, 2.24) is 4.98 Å². The molecule has 0 atom stereocenters. The summed E-state index contributed by atoms with van der Waals surface area (Å²) in [5.74, 6) is 0.390. The van der Waals surface area contributed by atoms with Crippen LogP contribution in [0.2, 0.25) is 5.02 Å². The summed E-state index contributed by atoms with van der Waals surface area (Å²) in [5.41, 5.74) is 11.0. The summed E-state index contributed by atoms with van der Waals surface area (Å²) in [6.45, 7) is 1.94. The average Bonchev–Trinajstić information content (AvgIpc) is 3.44. The van der Waals surface area contributed by atoms with Gasteiger partial charge in [0.15, 0.2) is 0 Å². The van der Waals surface area contributed by atoms with Gasteiger partial charge in [-0.3, -0.25) is 4.79 Å². The number of amides is 1. The highest BCUT2D eigenvalue weighted by molar-refractivity contribution is 7.21. The number of aryl methyl sites for hydroxylation is 1. The van der Waals surface area contributed by atoms with Crippen molar-refractivity contribution in [1.29, 1.82) is 0 Å². The number of anilines is 2. The van der Waals surface area contributed by atoms with E-state index < -0.39 is 0 Å². The molecule has 7 heteroatoms. The predicted octanol–water partition coefficient (Wildman–Crippen LogP) is 7.02. The van der Waals surface area contributed by atoms with Crippen molar-refractivity contribution in [2.75, 3.05) is 11.1 Å². The zero-order valence-corrected chi connectivity index (χ0v) is 18.6. The molecule has 5 aromatic rings. The zero-order chi connectivity index (χ0) is 22.2. The second-order valence-electron chi connectivity index (χ2n) is 7.33. The summed E-state index contributed by atoms with van der Waals surface area (Å²) in [7, 11) is 0. The first-order valence-electron chi connectivity index (χ1n) is 9.91. The van der Waals surface area contributed by atoms with Crippen LogP contribution < -0.4 is 11.1 Å². The molecule has 3 heterocycles. The fourth-order valence-corrected chi connectivity index (χ4v) is 4.72. The molecule has 5 nitrogen and oxygen atoms in total. The van der Waals surface area contributed by atoms with Crippen molar-refractivity contribution in [3.8, 4) is 22.6 Å². The molecule has 0 aliphatic rings. The van der Waals surface area contributed by atoms with Crippen molar-refractivity contribution in [3.05, 3.63) is 88.5 Å². The van der Waals surface area contributed by atoms with E-state index in [4.69, 9.17) is 26.7 Å². The predicted molar refractivity (Wildman–Crippen MR) is 131 cm³/mol. The fraction of sp³-hybridized carbons (Fsp3) is 0.0400. The van der Waals surface area contributed by atoms with Gasteiger partial charge in [0.25, 0.3) is 5.91 Å². The van der Waals surface area contributed by atoms with E-state index in [9.17, 15) is 4.79 Å². The minimum Gasteiger partial charge on any atom is -0.464 e. The Morgan fingerprint density at radius 1 is 1.09 bits per heavy atom. The number of fused-ring (bicyclic) bond motifs is 1. The van der Waals surface area contributed by atoms with Gasteiger partial charge in [-0.15, -0.1) is 11.3 Å². The summed E-state index contributed by atoms with van der Waals surface area (Å²) in [6, 6.07) is 20.7.